The quantitative estimate of drug-likeness (QED) is 0.557. The summed E-state index contributed by atoms with van der Waals surface area (Å²) in [7, 11) is 0. The number of nitrogen functional groups attached to an aromatic ring is 1. The highest BCUT2D eigenvalue weighted by Gasteiger charge is 2.16. The minimum Gasteiger partial charge on any atom is -0.382 e. The van der Waals surface area contributed by atoms with Crippen molar-refractivity contribution in [3.63, 3.8) is 0 Å². The average Bonchev–Trinajstić information content (AvgIpc) is 2.97. The molecule has 1 atom stereocenters. The topological polar surface area (TPSA) is 94.0 Å². The molecule has 3 N–H and O–H groups in total. The first-order chi connectivity index (χ1) is 13.0. The Morgan fingerprint density at radius 3 is 2.89 bits per heavy atom. The van der Waals surface area contributed by atoms with Crippen LogP contribution in [0.4, 0.5) is 16.0 Å². The van der Waals surface area contributed by atoms with Gasteiger partial charge < -0.3 is 11.1 Å². The van der Waals surface area contributed by atoms with Crippen molar-refractivity contribution in [1.29, 1.82) is 0 Å². The van der Waals surface area contributed by atoms with Crippen LogP contribution in [0.3, 0.4) is 0 Å². The molecule has 0 amide bonds. The molecule has 0 unspecified atom stereocenters. The van der Waals surface area contributed by atoms with Crippen LogP contribution in [0.5, 0.6) is 0 Å². The molecule has 0 bridgehead atoms. The molecular formula is C18H15ClFN7. The predicted molar refractivity (Wildman–Crippen MR) is 102 cm³/mol. The lowest BCUT2D eigenvalue weighted by atomic mass is 10.1. The monoisotopic (exact) mass is 383 g/mol. The van der Waals surface area contributed by atoms with Crippen molar-refractivity contribution in [3.05, 3.63) is 65.5 Å². The van der Waals surface area contributed by atoms with E-state index in [1.807, 2.05) is 6.92 Å². The number of hydrogen-bond acceptors (Lipinski definition) is 6. The van der Waals surface area contributed by atoms with Gasteiger partial charge in [0.1, 0.15) is 18.0 Å². The van der Waals surface area contributed by atoms with Gasteiger partial charge in [0.15, 0.2) is 11.5 Å². The van der Waals surface area contributed by atoms with E-state index in [9.17, 15) is 4.39 Å². The van der Waals surface area contributed by atoms with Crippen LogP contribution in [0, 0.1) is 5.82 Å². The number of halogens is 2. The first-order valence-electron chi connectivity index (χ1n) is 8.15. The van der Waals surface area contributed by atoms with Crippen LogP contribution in [0.25, 0.3) is 16.9 Å². The Bertz CT molecular complexity index is 1130. The number of aromatic nitrogens is 5. The second-order valence-electron chi connectivity index (χ2n) is 5.97. The van der Waals surface area contributed by atoms with Crippen molar-refractivity contribution in [3.8, 4) is 11.3 Å². The number of rotatable bonds is 4. The second kappa shape index (κ2) is 6.81. The summed E-state index contributed by atoms with van der Waals surface area (Å²) in [6.07, 6.45) is 4.86. The zero-order valence-corrected chi connectivity index (χ0v) is 15.0. The number of hydrogen-bond donors (Lipinski definition) is 2. The van der Waals surface area contributed by atoms with Gasteiger partial charge in [0.2, 0.25) is 0 Å². The van der Waals surface area contributed by atoms with Crippen LogP contribution in [0.2, 0.25) is 5.02 Å². The molecule has 0 radical (unpaired) electrons. The predicted octanol–water partition coefficient (Wildman–Crippen LogP) is 3.73. The summed E-state index contributed by atoms with van der Waals surface area (Å²) in [6, 6.07) is 7.63. The van der Waals surface area contributed by atoms with Crippen LogP contribution in [-0.4, -0.2) is 24.6 Å². The lowest BCUT2D eigenvalue weighted by Gasteiger charge is -2.16. The van der Waals surface area contributed by atoms with Crippen LogP contribution >= 0.6 is 11.6 Å². The van der Waals surface area contributed by atoms with E-state index in [0.29, 0.717) is 33.6 Å². The molecule has 0 saturated heterocycles. The first-order valence-corrected chi connectivity index (χ1v) is 8.53. The highest BCUT2D eigenvalue weighted by molar-refractivity contribution is 6.31. The standard InChI is InChI=1S/C18H15ClFN7/c1-10(12-4-3-11(20)7-13(12)19)25-15-8-14(23-9-24-15)16-17(21)26-27-6-2-5-22-18(16)27/h2-10H,1H3,(H2,21,26)(H,23,24,25)/t10-/m0/s1. The van der Waals surface area contributed by atoms with E-state index in [0.717, 1.165) is 5.56 Å². The fraction of sp³-hybridized carbons (Fsp3) is 0.111. The van der Waals surface area contributed by atoms with E-state index in [2.05, 4.69) is 25.4 Å². The minimum atomic E-state index is -0.378. The maximum Gasteiger partial charge on any atom is 0.166 e. The third-order valence-corrected chi connectivity index (χ3v) is 4.47. The van der Waals surface area contributed by atoms with E-state index < -0.39 is 0 Å². The van der Waals surface area contributed by atoms with Crippen LogP contribution in [0.15, 0.2) is 49.1 Å². The molecule has 27 heavy (non-hydrogen) atoms. The van der Waals surface area contributed by atoms with Crippen molar-refractivity contribution in [2.45, 2.75) is 13.0 Å². The Hall–Kier alpha value is -3.26. The number of anilines is 2. The minimum absolute atomic E-state index is 0.194. The summed E-state index contributed by atoms with van der Waals surface area (Å²) in [5.41, 5.74) is 8.65. The summed E-state index contributed by atoms with van der Waals surface area (Å²) >= 11 is 6.14. The Labute approximate surface area is 159 Å². The molecule has 7 nitrogen and oxygen atoms in total. The van der Waals surface area contributed by atoms with Gasteiger partial charge in [-0.3, -0.25) is 0 Å². The van der Waals surface area contributed by atoms with Crippen molar-refractivity contribution < 1.29 is 4.39 Å². The summed E-state index contributed by atoms with van der Waals surface area (Å²) in [6.45, 7) is 1.91. The molecular weight excluding hydrogens is 369 g/mol. The maximum absolute atomic E-state index is 13.3. The fourth-order valence-corrected chi connectivity index (χ4v) is 3.21. The van der Waals surface area contributed by atoms with Gasteiger partial charge in [-0.15, -0.1) is 5.10 Å². The molecule has 3 aromatic heterocycles. The largest absolute Gasteiger partial charge is 0.382 e. The van der Waals surface area contributed by atoms with Crippen molar-refractivity contribution in [2.75, 3.05) is 11.1 Å². The van der Waals surface area contributed by atoms with Gasteiger partial charge in [-0.05, 0) is 30.7 Å². The van der Waals surface area contributed by atoms with Gasteiger partial charge in [0.05, 0.1) is 17.3 Å². The summed E-state index contributed by atoms with van der Waals surface area (Å²) in [5.74, 6) is 0.520. The van der Waals surface area contributed by atoms with Crippen molar-refractivity contribution in [2.24, 2.45) is 0 Å². The number of nitrogens with two attached hydrogens (primary N) is 1. The molecule has 1 aromatic carbocycles. The van der Waals surface area contributed by atoms with E-state index in [4.69, 9.17) is 17.3 Å². The molecule has 0 fully saturated rings. The van der Waals surface area contributed by atoms with Gasteiger partial charge in [-0.2, -0.15) is 0 Å². The number of benzene rings is 1. The average molecular weight is 384 g/mol. The van der Waals surface area contributed by atoms with Gasteiger partial charge >= 0.3 is 0 Å². The maximum atomic E-state index is 13.3. The van der Waals surface area contributed by atoms with Gasteiger partial charge in [0.25, 0.3) is 0 Å². The number of nitrogens with one attached hydrogen (secondary N) is 1. The molecule has 0 aliphatic heterocycles. The number of fused-ring (bicyclic) bond motifs is 1. The van der Waals surface area contributed by atoms with E-state index in [-0.39, 0.29) is 11.9 Å². The molecule has 0 spiro atoms. The molecule has 136 valence electrons. The van der Waals surface area contributed by atoms with E-state index in [1.54, 1.807) is 35.1 Å². The molecule has 0 saturated carbocycles. The zero-order valence-electron chi connectivity index (χ0n) is 14.3. The number of nitrogens with zero attached hydrogens (tertiary/aromatic N) is 5. The molecule has 9 heteroatoms. The molecule has 3 heterocycles. The summed E-state index contributed by atoms with van der Waals surface area (Å²) in [4.78, 5) is 12.9. The van der Waals surface area contributed by atoms with Crippen molar-refractivity contribution in [1.82, 2.24) is 24.6 Å². The third kappa shape index (κ3) is 3.26. The Morgan fingerprint density at radius 2 is 2.07 bits per heavy atom. The van der Waals surface area contributed by atoms with Crippen LogP contribution in [-0.2, 0) is 0 Å². The van der Waals surface area contributed by atoms with E-state index >= 15 is 0 Å². The second-order valence-corrected chi connectivity index (χ2v) is 6.38. The highest BCUT2D eigenvalue weighted by Crippen LogP contribution is 2.30. The lowest BCUT2D eigenvalue weighted by molar-refractivity contribution is 0.626. The van der Waals surface area contributed by atoms with Crippen LogP contribution in [0.1, 0.15) is 18.5 Å². The summed E-state index contributed by atoms with van der Waals surface area (Å²) in [5, 5.41) is 7.84. The van der Waals surface area contributed by atoms with Crippen LogP contribution < -0.4 is 11.1 Å². The third-order valence-electron chi connectivity index (χ3n) is 4.14. The smallest absolute Gasteiger partial charge is 0.166 e. The molecule has 4 rings (SSSR count). The zero-order chi connectivity index (χ0) is 19.0. The fourth-order valence-electron chi connectivity index (χ4n) is 2.87. The van der Waals surface area contributed by atoms with Gasteiger partial charge in [0, 0.05) is 23.5 Å². The lowest BCUT2D eigenvalue weighted by Crippen LogP contribution is -2.09. The van der Waals surface area contributed by atoms with E-state index in [1.165, 1.54) is 18.5 Å². The summed E-state index contributed by atoms with van der Waals surface area (Å²) < 4.78 is 14.9. The van der Waals surface area contributed by atoms with Gasteiger partial charge in [-0.1, -0.05) is 17.7 Å². The molecule has 0 aliphatic carbocycles. The van der Waals surface area contributed by atoms with Crippen molar-refractivity contribution >= 4 is 28.9 Å². The Morgan fingerprint density at radius 1 is 1.22 bits per heavy atom. The normalized spacial score (nSPS) is 12.3. The molecule has 4 aromatic rings. The highest BCUT2D eigenvalue weighted by atomic mass is 35.5. The SMILES string of the molecule is C[C@H](Nc1cc(-c2c(N)nn3cccnc23)ncn1)c1ccc(F)cc1Cl. The van der Waals surface area contributed by atoms with Gasteiger partial charge in [-0.25, -0.2) is 23.9 Å². The Balaban J connectivity index is 1.67. The molecule has 0 aliphatic rings. The first kappa shape index (κ1) is 17.2. The Kier molecular flexibility index (Phi) is 4.33.